The number of hydrogen-bond donors (Lipinski definition) is 1. The molecule has 2 N–H and O–H groups in total. The third-order valence-corrected chi connectivity index (χ3v) is 2.55. The second kappa shape index (κ2) is 5.99. The molecule has 0 atom stereocenters. The molecular formula is C9H17N3O2S. The van der Waals surface area contributed by atoms with Gasteiger partial charge in [0.05, 0.1) is 18.6 Å². The van der Waals surface area contributed by atoms with Gasteiger partial charge >= 0.3 is 5.97 Å². The summed E-state index contributed by atoms with van der Waals surface area (Å²) >= 11 is 4.84. The minimum Gasteiger partial charge on any atom is -0.468 e. The zero-order valence-corrected chi connectivity index (χ0v) is 9.76. The van der Waals surface area contributed by atoms with E-state index in [1.165, 1.54) is 7.11 Å². The molecule has 0 saturated carbocycles. The van der Waals surface area contributed by atoms with Gasteiger partial charge in [0, 0.05) is 32.7 Å². The highest BCUT2D eigenvalue weighted by Crippen LogP contribution is 2.01. The number of nitrogens with two attached hydrogens (primary N) is 1. The predicted molar refractivity (Wildman–Crippen MR) is 61.7 cm³/mol. The first kappa shape index (κ1) is 12.4. The summed E-state index contributed by atoms with van der Waals surface area (Å²) in [4.78, 5) is 15.8. The fraction of sp³-hybridized carbons (Fsp3) is 0.778. The van der Waals surface area contributed by atoms with E-state index in [-0.39, 0.29) is 5.97 Å². The Balaban J connectivity index is 2.23. The van der Waals surface area contributed by atoms with Crippen LogP contribution >= 0.6 is 12.2 Å². The predicted octanol–water partition coefficient (Wildman–Crippen LogP) is -0.937. The minimum absolute atomic E-state index is 0.183. The van der Waals surface area contributed by atoms with Crippen LogP contribution in [0.4, 0.5) is 0 Å². The largest absolute Gasteiger partial charge is 0.468 e. The zero-order chi connectivity index (χ0) is 11.3. The summed E-state index contributed by atoms with van der Waals surface area (Å²) in [5, 5.41) is 0. The first-order valence-corrected chi connectivity index (χ1v) is 5.32. The molecule has 0 bridgehead atoms. The van der Waals surface area contributed by atoms with Crippen molar-refractivity contribution in [3.05, 3.63) is 0 Å². The van der Waals surface area contributed by atoms with Crippen LogP contribution in [0.3, 0.4) is 0 Å². The normalized spacial score (nSPS) is 18.7. The van der Waals surface area contributed by atoms with Crippen molar-refractivity contribution in [3.63, 3.8) is 0 Å². The molecule has 0 aliphatic carbocycles. The van der Waals surface area contributed by atoms with Crippen LogP contribution < -0.4 is 5.73 Å². The number of thiocarbonyl (C=S) groups is 1. The average Bonchev–Trinajstić information content (AvgIpc) is 2.20. The van der Waals surface area contributed by atoms with Gasteiger partial charge in [-0.15, -0.1) is 0 Å². The SMILES string of the molecule is COC(=O)CN1CCN(CC(N)=S)CC1. The van der Waals surface area contributed by atoms with Gasteiger partial charge in [-0.25, -0.2) is 0 Å². The van der Waals surface area contributed by atoms with Gasteiger partial charge in [-0.2, -0.15) is 0 Å². The Morgan fingerprint density at radius 1 is 1.27 bits per heavy atom. The van der Waals surface area contributed by atoms with Gasteiger partial charge in [-0.3, -0.25) is 14.6 Å². The standard InChI is InChI=1S/C9H17N3O2S/c1-14-9(13)7-12-4-2-11(3-5-12)6-8(10)15/h2-7H2,1H3,(H2,10,15). The summed E-state index contributed by atoms with van der Waals surface area (Å²) in [6, 6.07) is 0. The minimum atomic E-state index is -0.183. The molecule has 1 aliphatic heterocycles. The molecule has 1 heterocycles. The highest BCUT2D eigenvalue weighted by molar-refractivity contribution is 7.80. The molecular weight excluding hydrogens is 214 g/mol. The number of rotatable bonds is 4. The van der Waals surface area contributed by atoms with E-state index in [1.807, 2.05) is 0 Å². The molecule has 0 spiro atoms. The lowest BCUT2D eigenvalue weighted by atomic mass is 10.3. The molecule has 1 rings (SSSR count). The van der Waals surface area contributed by atoms with Crippen LogP contribution in [0, 0.1) is 0 Å². The maximum atomic E-state index is 11.0. The molecule has 1 saturated heterocycles. The van der Waals surface area contributed by atoms with Crippen molar-refractivity contribution in [1.82, 2.24) is 9.80 Å². The van der Waals surface area contributed by atoms with Crippen LogP contribution in [0.25, 0.3) is 0 Å². The first-order valence-electron chi connectivity index (χ1n) is 4.91. The lowest BCUT2D eigenvalue weighted by Gasteiger charge is -2.33. The van der Waals surface area contributed by atoms with E-state index in [0.717, 1.165) is 26.2 Å². The van der Waals surface area contributed by atoms with Crippen molar-refractivity contribution in [2.24, 2.45) is 5.73 Å². The smallest absolute Gasteiger partial charge is 0.319 e. The van der Waals surface area contributed by atoms with Gasteiger partial charge in [0.15, 0.2) is 0 Å². The first-order chi connectivity index (χ1) is 7.11. The van der Waals surface area contributed by atoms with Crippen molar-refractivity contribution in [3.8, 4) is 0 Å². The quantitative estimate of drug-likeness (QED) is 0.498. The van der Waals surface area contributed by atoms with Crippen molar-refractivity contribution < 1.29 is 9.53 Å². The van der Waals surface area contributed by atoms with Gasteiger partial charge in [0.25, 0.3) is 0 Å². The van der Waals surface area contributed by atoms with Crippen LogP contribution in [-0.2, 0) is 9.53 Å². The molecule has 0 aromatic heterocycles. The van der Waals surface area contributed by atoms with E-state index in [9.17, 15) is 4.79 Å². The van der Waals surface area contributed by atoms with E-state index >= 15 is 0 Å². The number of nitrogens with zero attached hydrogens (tertiary/aromatic N) is 2. The molecule has 86 valence electrons. The molecule has 0 amide bonds. The molecule has 1 fully saturated rings. The number of esters is 1. The third kappa shape index (κ3) is 4.55. The van der Waals surface area contributed by atoms with Gasteiger partial charge in [0.2, 0.25) is 0 Å². The topological polar surface area (TPSA) is 58.8 Å². The lowest BCUT2D eigenvalue weighted by Crippen LogP contribution is -2.49. The highest BCUT2D eigenvalue weighted by atomic mass is 32.1. The Hall–Kier alpha value is -0.720. The fourth-order valence-corrected chi connectivity index (χ4v) is 1.76. The van der Waals surface area contributed by atoms with Gasteiger partial charge < -0.3 is 10.5 Å². The maximum absolute atomic E-state index is 11.0. The summed E-state index contributed by atoms with van der Waals surface area (Å²) < 4.78 is 4.61. The Morgan fingerprint density at radius 3 is 2.13 bits per heavy atom. The van der Waals surface area contributed by atoms with E-state index in [2.05, 4.69) is 14.5 Å². The Kier molecular flexibility index (Phi) is 4.93. The van der Waals surface area contributed by atoms with Crippen molar-refractivity contribution in [1.29, 1.82) is 0 Å². The second-order valence-corrected chi connectivity index (χ2v) is 4.12. The zero-order valence-electron chi connectivity index (χ0n) is 8.94. The molecule has 6 heteroatoms. The number of carbonyl (C=O) groups is 1. The third-order valence-electron chi connectivity index (χ3n) is 2.42. The molecule has 0 aromatic rings. The lowest BCUT2D eigenvalue weighted by molar-refractivity contribution is -0.142. The fourth-order valence-electron chi connectivity index (χ4n) is 1.57. The molecule has 1 aliphatic rings. The maximum Gasteiger partial charge on any atom is 0.319 e. The molecule has 15 heavy (non-hydrogen) atoms. The van der Waals surface area contributed by atoms with E-state index in [0.29, 0.717) is 18.1 Å². The van der Waals surface area contributed by atoms with Crippen molar-refractivity contribution in [2.75, 3.05) is 46.4 Å². The molecule has 5 nitrogen and oxygen atoms in total. The van der Waals surface area contributed by atoms with Gasteiger partial charge in [-0.05, 0) is 0 Å². The number of hydrogen-bond acceptors (Lipinski definition) is 5. The van der Waals surface area contributed by atoms with E-state index in [4.69, 9.17) is 18.0 Å². The Morgan fingerprint density at radius 2 is 1.73 bits per heavy atom. The van der Waals surface area contributed by atoms with Crippen LogP contribution in [0.5, 0.6) is 0 Å². The number of piperazine rings is 1. The summed E-state index contributed by atoms with van der Waals surface area (Å²) in [6.07, 6.45) is 0. The summed E-state index contributed by atoms with van der Waals surface area (Å²) in [6.45, 7) is 4.55. The average molecular weight is 231 g/mol. The molecule has 0 unspecified atom stereocenters. The summed E-state index contributed by atoms with van der Waals surface area (Å²) in [5.41, 5.74) is 5.46. The number of methoxy groups -OCH3 is 1. The van der Waals surface area contributed by atoms with Gasteiger partial charge in [-0.1, -0.05) is 12.2 Å². The van der Waals surface area contributed by atoms with Crippen LogP contribution in [0.1, 0.15) is 0 Å². The monoisotopic (exact) mass is 231 g/mol. The summed E-state index contributed by atoms with van der Waals surface area (Å²) in [7, 11) is 1.41. The van der Waals surface area contributed by atoms with Crippen molar-refractivity contribution in [2.45, 2.75) is 0 Å². The van der Waals surface area contributed by atoms with Crippen LogP contribution in [0.2, 0.25) is 0 Å². The van der Waals surface area contributed by atoms with Crippen LogP contribution in [0.15, 0.2) is 0 Å². The Bertz CT molecular complexity index is 240. The van der Waals surface area contributed by atoms with Gasteiger partial charge in [0.1, 0.15) is 0 Å². The van der Waals surface area contributed by atoms with Crippen molar-refractivity contribution >= 4 is 23.2 Å². The van der Waals surface area contributed by atoms with E-state index in [1.54, 1.807) is 0 Å². The number of carbonyl (C=O) groups excluding carboxylic acids is 1. The molecule has 0 radical (unpaired) electrons. The highest BCUT2D eigenvalue weighted by Gasteiger charge is 2.18. The van der Waals surface area contributed by atoms with Crippen LogP contribution in [-0.4, -0.2) is 67.1 Å². The Labute approximate surface area is 95.1 Å². The second-order valence-electron chi connectivity index (χ2n) is 3.59. The summed E-state index contributed by atoms with van der Waals surface area (Å²) in [5.74, 6) is -0.183. The van der Waals surface area contributed by atoms with E-state index < -0.39 is 0 Å². The molecule has 0 aromatic carbocycles. The number of ether oxygens (including phenoxy) is 1.